The molecule has 1 heterocycles. The van der Waals surface area contributed by atoms with Crippen molar-refractivity contribution in [3.8, 4) is 0 Å². The van der Waals surface area contributed by atoms with E-state index < -0.39 is 14.1 Å². The summed E-state index contributed by atoms with van der Waals surface area (Å²) in [6, 6.07) is 0. The van der Waals surface area contributed by atoms with Crippen LogP contribution in [0.4, 0.5) is 0 Å². The molecule has 0 radical (unpaired) electrons. The molecular formula is C4H7BN2O2. The second-order valence-electron chi connectivity index (χ2n) is 1.59. The first-order chi connectivity index (χ1) is 5.41. The third-order valence-electron chi connectivity index (χ3n) is 0.901. The maximum Gasteiger partial charge on any atom is 0.491 e. The monoisotopic (exact) mass is 130 g/mol. The minimum absolute atomic E-state index is 0.0612. The molecular weight excluding hydrogens is 120 g/mol. The Balaban J connectivity index is 2.92. The summed E-state index contributed by atoms with van der Waals surface area (Å²) in [4.78, 5) is 0. The smallest absolute Gasteiger partial charge is 0.423 e. The zero-order valence-corrected chi connectivity index (χ0v) is 4.52. The number of aryl methyl sites for hydroxylation is 1. The van der Waals surface area contributed by atoms with Gasteiger partial charge in [-0.15, -0.1) is 0 Å². The zero-order chi connectivity index (χ0) is 9.35. The van der Waals surface area contributed by atoms with Crippen LogP contribution in [0.1, 0.15) is 4.11 Å². The second kappa shape index (κ2) is 2.20. The molecule has 0 bridgehead atoms. The molecule has 0 aromatic carbocycles. The van der Waals surface area contributed by atoms with Crippen molar-refractivity contribution in [3.05, 3.63) is 12.4 Å². The van der Waals surface area contributed by atoms with Crippen LogP contribution in [0.5, 0.6) is 0 Å². The number of aromatic nitrogens is 2. The topological polar surface area (TPSA) is 58.3 Å². The average molecular weight is 130 g/mol. The van der Waals surface area contributed by atoms with Crippen LogP contribution in [-0.4, -0.2) is 26.9 Å². The van der Waals surface area contributed by atoms with Crippen molar-refractivity contribution in [2.75, 3.05) is 0 Å². The van der Waals surface area contributed by atoms with Gasteiger partial charge in [-0.25, -0.2) is 0 Å². The minimum atomic E-state index is -2.37. The van der Waals surface area contributed by atoms with Gasteiger partial charge in [-0.1, -0.05) is 0 Å². The molecule has 0 spiro atoms. The molecule has 4 nitrogen and oxygen atoms in total. The van der Waals surface area contributed by atoms with Gasteiger partial charge in [0.1, 0.15) is 0 Å². The molecule has 0 unspecified atom stereocenters. The van der Waals surface area contributed by atoms with Crippen LogP contribution in [0.25, 0.3) is 0 Å². The molecule has 9 heavy (non-hydrogen) atoms. The molecule has 0 fully saturated rings. The van der Waals surface area contributed by atoms with E-state index in [1.54, 1.807) is 0 Å². The van der Waals surface area contributed by atoms with Crippen molar-refractivity contribution in [2.24, 2.45) is 6.98 Å². The fourth-order valence-corrected chi connectivity index (χ4v) is 0.470. The molecule has 5 heteroatoms. The second-order valence-corrected chi connectivity index (χ2v) is 1.59. The molecule has 0 amide bonds. The van der Waals surface area contributed by atoms with Gasteiger partial charge in [-0.2, -0.15) is 5.10 Å². The van der Waals surface area contributed by atoms with E-state index >= 15 is 0 Å². The minimum Gasteiger partial charge on any atom is -0.423 e. The summed E-state index contributed by atoms with van der Waals surface area (Å²) in [7, 11) is -1.68. The molecule has 2 N–H and O–H groups in total. The number of rotatable bonds is 1. The Bertz CT molecular complexity index is 272. The molecule has 0 aliphatic carbocycles. The molecule has 0 atom stereocenters. The molecule has 48 valence electrons. The standard InChI is InChI=1S/C4H7BN2O2/c1-7-3-4(2-6-7)5(8)9/h2-3,8-9H,1H3/i1+1D3. The molecule has 0 aliphatic rings. The number of nitrogens with zero attached hydrogens (tertiary/aromatic N) is 2. The normalized spacial score (nSPS) is 16.0. The van der Waals surface area contributed by atoms with Gasteiger partial charge >= 0.3 is 7.12 Å². The van der Waals surface area contributed by atoms with Crippen LogP contribution in [0.2, 0.25) is 0 Å². The third-order valence-corrected chi connectivity index (χ3v) is 0.901. The molecule has 0 saturated carbocycles. The van der Waals surface area contributed by atoms with E-state index in [0.29, 0.717) is 4.68 Å². The van der Waals surface area contributed by atoms with Crippen LogP contribution in [0.3, 0.4) is 0 Å². The van der Waals surface area contributed by atoms with Gasteiger partial charge in [0.25, 0.3) is 0 Å². The summed E-state index contributed by atoms with van der Waals surface area (Å²) in [5.41, 5.74) is 0.0612. The first kappa shape index (κ1) is 3.38. The Morgan fingerprint density at radius 1 is 1.89 bits per heavy atom. The Labute approximate surface area is 57.1 Å². The van der Waals surface area contributed by atoms with Crippen molar-refractivity contribution in [1.82, 2.24) is 9.78 Å². The van der Waals surface area contributed by atoms with Crippen molar-refractivity contribution in [1.29, 1.82) is 0 Å². The highest BCUT2D eigenvalue weighted by Crippen LogP contribution is 1.77. The molecule has 1 aromatic heterocycles. The lowest BCUT2D eigenvalue weighted by molar-refractivity contribution is 0.425. The predicted octanol–water partition coefficient (Wildman–Crippen LogP) is -1.90. The number of hydrogen-bond acceptors (Lipinski definition) is 3. The average Bonchev–Trinajstić information content (AvgIpc) is 2.30. The lowest BCUT2D eigenvalue weighted by Gasteiger charge is -1.87. The third kappa shape index (κ3) is 1.31. The number of hydrogen-bond donors (Lipinski definition) is 2. The van der Waals surface area contributed by atoms with Crippen molar-refractivity contribution in [3.63, 3.8) is 0 Å². The highest BCUT2D eigenvalue weighted by Gasteiger charge is 2.11. The van der Waals surface area contributed by atoms with Gasteiger partial charge in [0.15, 0.2) is 0 Å². The predicted molar refractivity (Wildman–Crippen MR) is 33.0 cm³/mol. The first-order valence-corrected chi connectivity index (χ1v) is 2.32. The van der Waals surface area contributed by atoms with Gasteiger partial charge in [-0.05, 0) is 0 Å². The fourth-order valence-electron chi connectivity index (χ4n) is 0.470. The van der Waals surface area contributed by atoms with Crippen molar-refractivity contribution >= 4 is 12.6 Å². The van der Waals surface area contributed by atoms with Gasteiger partial charge in [0.05, 0.1) is 0 Å². The molecule has 1 aromatic rings. The maximum absolute atomic E-state index is 8.62. The summed E-state index contributed by atoms with van der Waals surface area (Å²) in [6.45, 7) is -2.37. The highest BCUT2D eigenvalue weighted by molar-refractivity contribution is 6.58. The largest absolute Gasteiger partial charge is 0.491 e. The Hall–Kier alpha value is -0.805. The van der Waals surface area contributed by atoms with E-state index in [2.05, 4.69) is 5.10 Å². The van der Waals surface area contributed by atoms with E-state index in [1.165, 1.54) is 0 Å². The fraction of sp³-hybridized carbons (Fsp3) is 0.250. The summed E-state index contributed by atoms with van der Waals surface area (Å²) in [5, 5.41) is 20.7. The van der Waals surface area contributed by atoms with Crippen LogP contribution >= 0.6 is 0 Å². The van der Waals surface area contributed by atoms with E-state index in [4.69, 9.17) is 14.2 Å². The summed E-state index contributed by atoms with van der Waals surface area (Å²) in [5.74, 6) is 0. The van der Waals surface area contributed by atoms with Gasteiger partial charge < -0.3 is 10.0 Å². The van der Waals surface area contributed by atoms with E-state index in [1.807, 2.05) is 0 Å². The van der Waals surface area contributed by atoms with Crippen LogP contribution in [0.15, 0.2) is 12.4 Å². The van der Waals surface area contributed by atoms with E-state index in [0.717, 1.165) is 12.4 Å². The van der Waals surface area contributed by atoms with Crippen molar-refractivity contribution in [2.45, 2.75) is 0 Å². The SMILES string of the molecule is [2H][13C]([2H])([2H])n1cc(B(O)O)cn1. The van der Waals surface area contributed by atoms with Crippen LogP contribution in [-0.2, 0) is 6.98 Å². The summed E-state index contributed by atoms with van der Waals surface area (Å²) in [6.07, 6.45) is 2.16. The lowest BCUT2D eigenvalue weighted by Crippen LogP contribution is -2.28. The quantitative estimate of drug-likeness (QED) is 0.344. The lowest BCUT2D eigenvalue weighted by atomic mass is 9.83. The van der Waals surface area contributed by atoms with Gasteiger partial charge in [-0.3, -0.25) is 4.68 Å². The maximum atomic E-state index is 8.62. The zero-order valence-electron chi connectivity index (χ0n) is 7.52. The Morgan fingerprint density at radius 3 is 3.00 bits per heavy atom. The summed E-state index contributed by atoms with van der Waals surface area (Å²) < 4.78 is 21.4. The first-order valence-electron chi connectivity index (χ1n) is 3.82. The van der Waals surface area contributed by atoms with Crippen LogP contribution in [0, 0.1) is 0 Å². The Kier molecular flexibility index (Phi) is 0.829. The molecule has 0 aliphatic heterocycles. The van der Waals surface area contributed by atoms with Crippen molar-refractivity contribution < 1.29 is 14.2 Å². The molecule has 0 saturated heterocycles. The molecule has 1 rings (SSSR count). The van der Waals surface area contributed by atoms with Crippen LogP contribution < -0.4 is 5.46 Å². The highest BCUT2D eigenvalue weighted by atomic mass is 16.4. The van der Waals surface area contributed by atoms with E-state index in [9.17, 15) is 0 Å². The summed E-state index contributed by atoms with van der Waals surface area (Å²) >= 11 is 0. The van der Waals surface area contributed by atoms with Gasteiger partial charge in [0.2, 0.25) is 0 Å². The Morgan fingerprint density at radius 2 is 2.67 bits per heavy atom. The van der Waals surface area contributed by atoms with Gasteiger partial charge in [0, 0.05) is 28.9 Å². The van der Waals surface area contributed by atoms with E-state index in [-0.39, 0.29) is 5.46 Å².